The number of rotatable bonds is 7. The monoisotopic (exact) mass is 309 g/mol. The number of anilines is 1. The number of amides is 1. The molecule has 6 nitrogen and oxygen atoms in total. The van der Waals surface area contributed by atoms with Gasteiger partial charge in [0.25, 0.3) is 0 Å². The van der Waals surface area contributed by atoms with Crippen molar-refractivity contribution < 1.29 is 4.79 Å². The number of nitrogens with two attached hydrogens (primary N) is 2. The van der Waals surface area contributed by atoms with E-state index in [9.17, 15) is 4.79 Å². The Labute approximate surface area is 130 Å². The van der Waals surface area contributed by atoms with Gasteiger partial charge in [-0.1, -0.05) is 26.1 Å². The van der Waals surface area contributed by atoms with Crippen LogP contribution in [0.25, 0.3) is 0 Å². The first kappa shape index (κ1) is 17.3. The van der Waals surface area contributed by atoms with Crippen LogP contribution in [0.2, 0.25) is 0 Å². The molecule has 0 aliphatic rings. The number of aryl methyl sites for hydroxylation is 1. The van der Waals surface area contributed by atoms with E-state index in [-0.39, 0.29) is 11.4 Å². The van der Waals surface area contributed by atoms with Crippen LogP contribution < -0.4 is 16.8 Å². The number of hydrogen-bond acceptors (Lipinski definition) is 5. The van der Waals surface area contributed by atoms with Crippen molar-refractivity contribution in [2.75, 3.05) is 5.32 Å². The molecule has 0 saturated carbocycles. The van der Waals surface area contributed by atoms with Gasteiger partial charge in [-0.05, 0) is 32.3 Å². The Morgan fingerprint density at radius 1 is 1.24 bits per heavy atom. The largest absolute Gasteiger partial charge is 0.389 e. The molecule has 0 bridgehead atoms. The van der Waals surface area contributed by atoms with Crippen LogP contribution in [0, 0.1) is 0 Å². The van der Waals surface area contributed by atoms with Gasteiger partial charge >= 0.3 is 0 Å². The van der Waals surface area contributed by atoms with Crippen molar-refractivity contribution >= 4 is 28.9 Å². The van der Waals surface area contributed by atoms with Crippen LogP contribution in [-0.2, 0) is 17.6 Å². The van der Waals surface area contributed by atoms with E-state index >= 15 is 0 Å². The molecule has 0 aliphatic heterocycles. The van der Waals surface area contributed by atoms with E-state index in [4.69, 9.17) is 23.7 Å². The molecule has 0 aromatic carbocycles. The molecule has 1 rings (SSSR count). The highest BCUT2D eigenvalue weighted by atomic mass is 32.1. The van der Waals surface area contributed by atoms with E-state index in [1.807, 2.05) is 27.7 Å². The third-order valence-electron chi connectivity index (χ3n) is 3.17. The summed E-state index contributed by atoms with van der Waals surface area (Å²) in [6, 6.07) is 0. The van der Waals surface area contributed by atoms with Gasteiger partial charge in [0.05, 0.1) is 11.3 Å². The molecule has 0 aliphatic carbocycles. The molecule has 21 heavy (non-hydrogen) atoms. The second kappa shape index (κ2) is 6.80. The molecule has 1 aromatic rings. The highest BCUT2D eigenvalue weighted by molar-refractivity contribution is 7.80. The smallest absolute Gasteiger partial charge is 0.219 e. The van der Waals surface area contributed by atoms with Gasteiger partial charge < -0.3 is 16.8 Å². The maximum atomic E-state index is 11.1. The SMILES string of the molecule is CCc1nnc(NC(C)(C)CC(N)=O)c(C(N)=S)c1CC. The number of hydrogen-bond donors (Lipinski definition) is 3. The molecule has 0 spiro atoms. The fourth-order valence-corrected chi connectivity index (χ4v) is 2.55. The molecule has 0 atom stereocenters. The van der Waals surface area contributed by atoms with Gasteiger partial charge in [0.2, 0.25) is 5.91 Å². The molecule has 0 saturated heterocycles. The molecule has 7 heteroatoms. The minimum Gasteiger partial charge on any atom is -0.389 e. The number of carbonyl (C=O) groups is 1. The number of nitrogens with one attached hydrogen (secondary N) is 1. The van der Waals surface area contributed by atoms with Crippen molar-refractivity contribution in [3.8, 4) is 0 Å². The first-order valence-corrected chi connectivity index (χ1v) is 7.37. The summed E-state index contributed by atoms with van der Waals surface area (Å²) in [6.07, 6.45) is 1.69. The lowest BCUT2D eigenvalue weighted by molar-refractivity contribution is -0.118. The Balaban J connectivity index is 3.30. The van der Waals surface area contributed by atoms with Crippen molar-refractivity contribution in [3.05, 3.63) is 16.8 Å². The topological polar surface area (TPSA) is 107 Å². The highest BCUT2D eigenvalue weighted by Crippen LogP contribution is 2.24. The summed E-state index contributed by atoms with van der Waals surface area (Å²) in [5.41, 5.74) is 13.2. The van der Waals surface area contributed by atoms with Crippen LogP contribution in [0.1, 0.15) is 50.9 Å². The summed E-state index contributed by atoms with van der Waals surface area (Å²) in [4.78, 5) is 11.4. The quantitative estimate of drug-likeness (QED) is 0.655. The normalized spacial score (nSPS) is 11.2. The number of thiocarbonyl (C=S) groups is 1. The van der Waals surface area contributed by atoms with Gasteiger partial charge in [-0.2, -0.15) is 5.10 Å². The van der Waals surface area contributed by atoms with Crippen molar-refractivity contribution in [2.24, 2.45) is 11.5 Å². The molecule has 0 unspecified atom stereocenters. The Morgan fingerprint density at radius 2 is 1.86 bits per heavy atom. The van der Waals surface area contributed by atoms with Gasteiger partial charge in [-0.15, -0.1) is 5.10 Å². The summed E-state index contributed by atoms with van der Waals surface area (Å²) < 4.78 is 0. The lowest BCUT2D eigenvalue weighted by atomic mass is 9.98. The van der Waals surface area contributed by atoms with Crippen LogP contribution >= 0.6 is 12.2 Å². The number of nitrogens with zero attached hydrogens (tertiary/aromatic N) is 2. The fraction of sp³-hybridized carbons (Fsp3) is 0.571. The third kappa shape index (κ3) is 4.35. The average molecular weight is 309 g/mol. The van der Waals surface area contributed by atoms with Crippen LogP contribution in [-0.4, -0.2) is 26.6 Å². The Bertz CT molecular complexity index is 557. The Hall–Kier alpha value is -1.76. The fourth-order valence-electron chi connectivity index (χ4n) is 2.33. The van der Waals surface area contributed by atoms with E-state index < -0.39 is 11.4 Å². The standard InChI is InChI=1S/C14H23N5OS/c1-5-8-9(6-2)18-19-13(11(8)12(16)21)17-14(3,4)7-10(15)20/h5-7H2,1-4H3,(H2,15,20)(H2,16,21)(H,17,19). The van der Waals surface area contributed by atoms with E-state index in [0.29, 0.717) is 11.4 Å². The van der Waals surface area contributed by atoms with Crippen molar-refractivity contribution in [1.29, 1.82) is 0 Å². The Morgan fingerprint density at radius 3 is 2.29 bits per heavy atom. The minimum absolute atomic E-state index is 0.169. The van der Waals surface area contributed by atoms with E-state index in [1.54, 1.807) is 0 Å². The zero-order valence-electron chi connectivity index (χ0n) is 13.0. The summed E-state index contributed by atoms with van der Waals surface area (Å²) >= 11 is 5.17. The molecule has 1 aromatic heterocycles. The summed E-state index contributed by atoms with van der Waals surface area (Å²) in [5.74, 6) is 0.112. The molecule has 1 heterocycles. The van der Waals surface area contributed by atoms with E-state index in [2.05, 4.69) is 15.5 Å². The number of primary amides is 1. The van der Waals surface area contributed by atoms with E-state index in [1.165, 1.54) is 0 Å². The molecular formula is C14H23N5OS. The predicted octanol–water partition coefficient (Wildman–Crippen LogP) is 1.30. The maximum absolute atomic E-state index is 11.1. The summed E-state index contributed by atoms with van der Waals surface area (Å²) in [7, 11) is 0. The van der Waals surface area contributed by atoms with Gasteiger partial charge in [0, 0.05) is 12.0 Å². The van der Waals surface area contributed by atoms with Crippen molar-refractivity contribution in [2.45, 2.75) is 52.5 Å². The minimum atomic E-state index is -0.557. The summed E-state index contributed by atoms with van der Waals surface area (Å²) in [6.45, 7) is 7.76. The Kier molecular flexibility index (Phi) is 5.60. The van der Waals surface area contributed by atoms with Gasteiger partial charge in [0.1, 0.15) is 4.99 Å². The molecule has 116 valence electrons. The van der Waals surface area contributed by atoms with Crippen LogP contribution in [0.3, 0.4) is 0 Å². The lowest BCUT2D eigenvalue weighted by Crippen LogP contribution is -2.37. The van der Waals surface area contributed by atoms with Gasteiger partial charge in [-0.3, -0.25) is 4.79 Å². The second-order valence-electron chi connectivity index (χ2n) is 5.57. The lowest BCUT2D eigenvalue weighted by Gasteiger charge is -2.27. The predicted molar refractivity (Wildman–Crippen MR) is 88.2 cm³/mol. The second-order valence-corrected chi connectivity index (χ2v) is 6.01. The van der Waals surface area contributed by atoms with Crippen LogP contribution in [0.15, 0.2) is 0 Å². The first-order chi connectivity index (χ1) is 9.71. The van der Waals surface area contributed by atoms with Crippen LogP contribution in [0.4, 0.5) is 5.82 Å². The number of carbonyl (C=O) groups excluding carboxylic acids is 1. The zero-order chi connectivity index (χ0) is 16.2. The average Bonchev–Trinajstić information content (AvgIpc) is 2.35. The zero-order valence-corrected chi connectivity index (χ0v) is 13.8. The molecule has 0 fully saturated rings. The third-order valence-corrected chi connectivity index (χ3v) is 3.37. The maximum Gasteiger partial charge on any atom is 0.219 e. The molecular weight excluding hydrogens is 286 g/mol. The van der Waals surface area contributed by atoms with Gasteiger partial charge in [-0.25, -0.2) is 0 Å². The summed E-state index contributed by atoms with van der Waals surface area (Å²) in [5, 5.41) is 11.6. The van der Waals surface area contributed by atoms with E-state index in [0.717, 1.165) is 24.1 Å². The number of aromatic nitrogens is 2. The van der Waals surface area contributed by atoms with Crippen LogP contribution in [0.5, 0.6) is 0 Å². The molecule has 0 radical (unpaired) electrons. The highest BCUT2D eigenvalue weighted by Gasteiger charge is 2.25. The van der Waals surface area contributed by atoms with Crippen molar-refractivity contribution in [3.63, 3.8) is 0 Å². The van der Waals surface area contributed by atoms with Gasteiger partial charge in [0.15, 0.2) is 5.82 Å². The van der Waals surface area contributed by atoms with Crippen molar-refractivity contribution in [1.82, 2.24) is 10.2 Å². The molecule has 1 amide bonds. The first-order valence-electron chi connectivity index (χ1n) is 6.96. The molecule has 5 N–H and O–H groups in total.